The Bertz CT molecular complexity index is 135. The zero-order valence-electron chi connectivity index (χ0n) is 12.8. The highest BCUT2D eigenvalue weighted by molar-refractivity contribution is 4.64. The molecule has 0 N–H and O–H groups in total. The molecule has 0 amide bonds. The highest BCUT2D eigenvalue weighted by Crippen LogP contribution is 2.22. The molecule has 1 heterocycles. The van der Waals surface area contributed by atoms with Crippen LogP contribution in [0, 0.1) is 5.92 Å². The van der Waals surface area contributed by atoms with Crippen molar-refractivity contribution < 1.29 is 0 Å². The maximum Gasteiger partial charge on any atom is 0.0107 e. The van der Waals surface area contributed by atoms with Crippen LogP contribution in [0.3, 0.4) is 0 Å². The van der Waals surface area contributed by atoms with E-state index in [0.29, 0.717) is 0 Å². The van der Waals surface area contributed by atoms with Gasteiger partial charge in [0.15, 0.2) is 0 Å². The maximum atomic E-state index is 2.36. The lowest BCUT2D eigenvalue weighted by Crippen LogP contribution is -2.42. The molecule has 0 aromatic heterocycles. The Balaban J connectivity index is 0.000000265. The standard InChI is InChI=1S/C7H14.C6H14N2.C2H6/c1-7-5-3-2-4-6-7;1-7-3-5-8(2)6-4-7;1-2/h7H,2-6H2,1H3;3-6H2,1-2H3;1-2H3. The Hall–Kier alpha value is -0.0800. The molecule has 2 rings (SSSR count). The van der Waals surface area contributed by atoms with Gasteiger partial charge in [0, 0.05) is 26.2 Å². The van der Waals surface area contributed by atoms with Crippen LogP contribution in [-0.2, 0) is 0 Å². The average Bonchev–Trinajstić information content (AvgIpc) is 2.37. The number of likely N-dealkylation sites (N-methyl/N-ethyl adjacent to an activating group) is 2. The van der Waals surface area contributed by atoms with Crippen molar-refractivity contribution in [3.8, 4) is 0 Å². The van der Waals surface area contributed by atoms with Crippen molar-refractivity contribution in [3.63, 3.8) is 0 Å². The first-order valence-corrected chi connectivity index (χ1v) is 7.55. The Kier molecular flexibility index (Phi) is 11.0. The molecule has 0 aromatic carbocycles. The molecule has 1 aliphatic heterocycles. The number of hydrogen-bond donors (Lipinski definition) is 0. The summed E-state index contributed by atoms with van der Waals surface area (Å²) in [5.41, 5.74) is 0. The van der Waals surface area contributed by atoms with Crippen molar-refractivity contribution in [2.75, 3.05) is 40.3 Å². The van der Waals surface area contributed by atoms with E-state index in [2.05, 4.69) is 30.8 Å². The molecule has 104 valence electrons. The summed E-state index contributed by atoms with van der Waals surface area (Å²) in [7, 11) is 4.35. The van der Waals surface area contributed by atoms with Crippen molar-refractivity contribution in [1.29, 1.82) is 0 Å². The normalized spacial score (nSPS) is 23.1. The van der Waals surface area contributed by atoms with E-state index in [-0.39, 0.29) is 0 Å². The highest BCUT2D eigenvalue weighted by atomic mass is 15.2. The van der Waals surface area contributed by atoms with Gasteiger partial charge in [0.05, 0.1) is 0 Å². The summed E-state index contributed by atoms with van der Waals surface area (Å²) in [5, 5.41) is 0. The molecule has 0 spiro atoms. The second kappa shape index (κ2) is 11.0. The molecule has 17 heavy (non-hydrogen) atoms. The fourth-order valence-corrected chi connectivity index (χ4v) is 2.21. The van der Waals surface area contributed by atoms with E-state index >= 15 is 0 Å². The predicted octanol–water partition coefficient (Wildman–Crippen LogP) is 3.48. The fourth-order valence-electron chi connectivity index (χ4n) is 2.21. The second-order valence-corrected chi connectivity index (χ2v) is 5.35. The number of rotatable bonds is 0. The van der Waals surface area contributed by atoms with Crippen LogP contribution < -0.4 is 0 Å². The van der Waals surface area contributed by atoms with E-state index in [1.165, 1.54) is 58.3 Å². The van der Waals surface area contributed by atoms with E-state index in [1.54, 1.807) is 0 Å². The molecule has 1 saturated heterocycles. The van der Waals surface area contributed by atoms with Gasteiger partial charge in [0.1, 0.15) is 0 Å². The van der Waals surface area contributed by atoms with Gasteiger partial charge in [-0.1, -0.05) is 52.9 Å². The molecule has 2 nitrogen and oxygen atoms in total. The van der Waals surface area contributed by atoms with Crippen molar-refractivity contribution in [2.24, 2.45) is 5.92 Å². The molecule has 0 aromatic rings. The highest BCUT2D eigenvalue weighted by Gasteiger charge is 2.07. The predicted molar refractivity (Wildman–Crippen MR) is 78.6 cm³/mol. The molecule has 0 bridgehead atoms. The molecule has 0 unspecified atom stereocenters. The molecule has 2 heteroatoms. The second-order valence-electron chi connectivity index (χ2n) is 5.35. The lowest BCUT2D eigenvalue weighted by molar-refractivity contribution is 0.181. The average molecular weight is 242 g/mol. The van der Waals surface area contributed by atoms with Crippen LogP contribution in [-0.4, -0.2) is 50.1 Å². The lowest BCUT2D eigenvalue weighted by Gasteiger charge is -2.28. The number of piperazine rings is 1. The minimum absolute atomic E-state index is 1.04. The zero-order valence-corrected chi connectivity index (χ0v) is 12.8. The number of nitrogens with zero attached hydrogens (tertiary/aromatic N) is 2. The van der Waals surface area contributed by atoms with Crippen LogP contribution in [0.5, 0.6) is 0 Å². The van der Waals surface area contributed by atoms with E-state index in [1.807, 2.05) is 13.8 Å². The summed E-state index contributed by atoms with van der Waals surface area (Å²) in [5.74, 6) is 1.04. The van der Waals surface area contributed by atoms with Crippen LogP contribution in [0.2, 0.25) is 0 Å². The molecule has 2 aliphatic rings. The smallest absolute Gasteiger partial charge is 0.0107 e. The topological polar surface area (TPSA) is 6.48 Å². The molecule has 1 aliphatic carbocycles. The van der Waals surface area contributed by atoms with Crippen LogP contribution >= 0.6 is 0 Å². The fraction of sp³-hybridized carbons (Fsp3) is 1.00. The van der Waals surface area contributed by atoms with Crippen molar-refractivity contribution >= 4 is 0 Å². The molecule has 2 fully saturated rings. The Morgan fingerprint density at radius 3 is 1.29 bits per heavy atom. The van der Waals surface area contributed by atoms with Gasteiger partial charge in [-0.25, -0.2) is 0 Å². The van der Waals surface area contributed by atoms with Crippen molar-refractivity contribution in [2.45, 2.75) is 52.9 Å². The third-order valence-electron chi connectivity index (χ3n) is 3.62. The van der Waals surface area contributed by atoms with Crippen molar-refractivity contribution in [3.05, 3.63) is 0 Å². The molecular weight excluding hydrogens is 208 g/mol. The van der Waals surface area contributed by atoms with Crippen LogP contribution in [0.1, 0.15) is 52.9 Å². The summed E-state index contributed by atoms with van der Waals surface area (Å²) < 4.78 is 0. The van der Waals surface area contributed by atoms with Gasteiger partial charge in [0.2, 0.25) is 0 Å². The summed E-state index contributed by atoms with van der Waals surface area (Å²) in [6.45, 7) is 11.3. The Labute approximate surface area is 109 Å². The Morgan fingerprint density at radius 2 is 1.06 bits per heavy atom. The van der Waals surface area contributed by atoms with Gasteiger partial charge in [-0.15, -0.1) is 0 Å². The molecule has 1 saturated carbocycles. The van der Waals surface area contributed by atoms with Crippen molar-refractivity contribution in [1.82, 2.24) is 9.80 Å². The van der Waals surface area contributed by atoms with Gasteiger partial charge in [-0.05, 0) is 20.0 Å². The van der Waals surface area contributed by atoms with Crippen LogP contribution in [0.15, 0.2) is 0 Å². The molecular formula is C15H34N2. The summed E-state index contributed by atoms with van der Waals surface area (Å²) in [6.07, 6.45) is 7.44. The first-order chi connectivity index (χ1) is 8.18. The largest absolute Gasteiger partial charge is 0.304 e. The van der Waals surface area contributed by atoms with Gasteiger partial charge < -0.3 is 9.80 Å². The summed E-state index contributed by atoms with van der Waals surface area (Å²) in [6, 6.07) is 0. The zero-order chi connectivity index (χ0) is 13.1. The van der Waals surface area contributed by atoms with E-state index in [4.69, 9.17) is 0 Å². The molecule has 0 radical (unpaired) electrons. The van der Waals surface area contributed by atoms with E-state index in [0.717, 1.165) is 5.92 Å². The van der Waals surface area contributed by atoms with Crippen LogP contribution in [0.25, 0.3) is 0 Å². The monoisotopic (exact) mass is 242 g/mol. The first-order valence-electron chi connectivity index (χ1n) is 7.55. The first kappa shape index (κ1) is 16.9. The quantitative estimate of drug-likeness (QED) is 0.642. The van der Waals surface area contributed by atoms with Gasteiger partial charge in [0.25, 0.3) is 0 Å². The van der Waals surface area contributed by atoms with Gasteiger partial charge in [-0.3, -0.25) is 0 Å². The third kappa shape index (κ3) is 9.61. The summed E-state index contributed by atoms with van der Waals surface area (Å²) >= 11 is 0. The lowest BCUT2D eigenvalue weighted by atomic mass is 9.91. The van der Waals surface area contributed by atoms with Gasteiger partial charge in [-0.2, -0.15) is 0 Å². The summed E-state index contributed by atoms with van der Waals surface area (Å²) in [4.78, 5) is 4.72. The SMILES string of the molecule is CC.CC1CCCCC1.CN1CCN(C)CC1. The molecule has 0 atom stereocenters. The van der Waals surface area contributed by atoms with E-state index < -0.39 is 0 Å². The minimum Gasteiger partial charge on any atom is -0.304 e. The Morgan fingerprint density at radius 1 is 0.706 bits per heavy atom. The number of hydrogen-bond acceptors (Lipinski definition) is 2. The maximum absolute atomic E-state index is 2.36. The minimum atomic E-state index is 1.04. The van der Waals surface area contributed by atoms with Crippen LogP contribution in [0.4, 0.5) is 0 Å². The van der Waals surface area contributed by atoms with E-state index in [9.17, 15) is 0 Å². The third-order valence-corrected chi connectivity index (χ3v) is 3.62. The van der Waals surface area contributed by atoms with Gasteiger partial charge >= 0.3 is 0 Å².